The molecule has 2 aromatic rings. The number of fused-ring (bicyclic) bond motifs is 1. The van der Waals surface area contributed by atoms with Crippen LogP contribution < -0.4 is 10.1 Å². The zero-order valence-corrected chi connectivity index (χ0v) is 22.9. The molecule has 0 aromatic heterocycles. The van der Waals surface area contributed by atoms with Crippen LogP contribution in [0.5, 0.6) is 5.75 Å². The van der Waals surface area contributed by atoms with Gasteiger partial charge in [0.1, 0.15) is 23.5 Å². The van der Waals surface area contributed by atoms with Crippen LogP contribution in [0.15, 0.2) is 49.1 Å². The number of β-amino-alcohol motifs (C(OH)–C–C–N with tert-alkyl or cyclic N) is 1. The highest BCUT2D eigenvalue weighted by molar-refractivity contribution is 6.43. The van der Waals surface area contributed by atoms with E-state index in [1.807, 2.05) is 0 Å². The highest BCUT2D eigenvalue weighted by Crippen LogP contribution is 2.39. The third kappa shape index (κ3) is 7.72. The van der Waals surface area contributed by atoms with E-state index in [4.69, 9.17) is 32.7 Å². The van der Waals surface area contributed by atoms with Crippen molar-refractivity contribution >= 4 is 29.2 Å². The van der Waals surface area contributed by atoms with Crippen LogP contribution in [0.3, 0.4) is 0 Å². The summed E-state index contributed by atoms with van der Waals surface area (Å²) < 4.78 is 10.8. The largest absolute Gasteiger partial charge is 0.489 e. The van der Waals surface area contributed by atoms with Gasteiger partial charge in [-0.05, 0) is 68.7 Å². The summed E-state index contributed by atoms with van der Waals surface area (Å²) in [6.07, 6.45) is 4.29. The Kier molecular flexibility index (Phi) is 10.3. The summed E-state index contributed by atoms with van der Waals surface area (Å²) in [6, 6.07) is 12.1. The minimum atomic E-state index is -0.718. The number of carbonyl (C=O) groups is 1. The maximum absolute atomic E-state index is 11.9. The molecule has 1 aliphatic rings. The quantitative estimate of drug-likeness (QED) is 0.239. The van der Waals surface area contributed by atoms with Gasteiger partial charge in [0.15, 0.2) is 0 Å². The predicted octanol–water partition coefficient (Wildman–Crippen LogP) is 6.13. The fourth-order valence-corrected chi connectivity index (χ4v) is 5.41. The number of aliphatic hydroxyl groups excluding tert-OH is 1. The molecule has 1 aliphatic carbocycles. The molecule has 0 bridgehead atoms. The summed E-state index contributed by atoms with van der Waals surface area (Å²) in [5, 5.41) is 14.6. The SMILES string of the molecule is C=CC(CC(=O)OCC)c1ccc(OC[C@@H](O)CNC(C)(C)CC2Cc3ccccc3C2)c(Cl)c1Cl. The standard InChI is InChI=1S/C29H37Cl2NO4/c1-5-20(15-26(34)35-6-2)24-11-12-25(28(31)27(24)30)36-18-23(33)17-32-29(3,4)16-19-13-21-9-7-8-10-22(21)14-19/h5,7-12,19-20,23,32-33H,1,6,13-18H2,2-4H3/t20?,23-/m0/s1. The lowest BCUT2D eigenvalue weighted by Crippen LogP contribution is -2.46. The lowest BCUT2D eigenvalue weighted by Gasteiger charge is -2.30. The predicted molar refractivity (Wildman–Crippen MR) is 146 cm³/mol. The molecule has 2 aromatic carbocycles. The Balaban J connectivity index is 1.50. The molecule has 1 unspecified atom stereocenters. The molecule has 0 saturated heterocycles. The maximum atomic E-state index is 11.9. The normalized spacial score (nSPS) is 15.3. The summed E-state index contributed by atoms with van der Waals surface area (Å²) in [6.45, 7) is 10.7. The molecule has 2 atom stereocenters. The number of hydrogen-bond acceptors (Lipinski definition) is 5. The maximum Gasteiger partial charge on any atom is 0.306 e. The van der Waals surface area contributed by atoms with Crippen LogP contribution in [0.2, 0.25) is 10.0 Å². The number of benzene rings is 2. The Labute approximate surface area is 224 Å². The van der Waals surface area contributed by atoms with Gasteiger partial charge in [-0.15, -0.1) is 6.58 Å². The van der Waals surface area contributed by atoms with E-state index in [-0.39, 0.29) is 35.5 Å². The topological polar surface area (TPSA) is 67.8 Å². The summed E-state index contributed by atoms with van der Waals surface area (Å²) in [5.74, 6) is 0.325. The minimum absolute atomic E-state index is 0.0705. The Morgan fingerprint density at radius 1 is 1.19 bits per heavy atom. The first kappa shape index (κ1) is 28.5. The first-order chi connectivity index (χ1) is 17.1. The second-order valence-corrected chi connectivity index (χ2v) is 10.9. The van der Waals surface area contributed by atoms with Crippen molar-refractivity contribution in [1.82, 2.24) is 5.32 Å². The van der Waals surface area contributed by atoms with Crippen molar-refractivity contribution in [3.8, 4) is 5.75 Å². The third-order valence-electron chi connectivity index (χ3n) is 6.63. The second-order valence-electron chi connectivity index (χ2n) is 10.1. The third-order valence-corrected chi connectivity index (χ3v) is 7.51. The number of allylic oxidation sites excluding steroid dienone is 1. The van der Waals surface area contributed by atoms with Gasteiger partial charge in [-0.2, -0.15) is 0 Å². The molecule has 0 amide bonds. The molecule has 0 radical (unpaired) electrons. The molecule has 0 aliphatic heterocycles. The van der Waals surface area contributed by atoms with E-state index < -0.39 is 6.10 Å². The minimum Gasteiger partial charge on any atom is -0.489 e. The van der Waals surface area contributed by atoms with Gasteiger partial charge in [-0.1, -0.05) is 59.6 Å². The van der Waals surface area contributed by atoms with Gasteiger partial charge in [-0.3, -0.25) is 4.79 Å². The number of halogens is 2. The first-order valence-electron chi connectivity index (χ1n) is 12.5. The highest BCUT2D eigenvalue weighted by atomic mass is 35.5. The van der Waals surface area contributed by atoms with Crippen molar-refractivity contribution in [3.05, 3.63) is 75.8 Å². The van der Waals surface area contributed by atoms with E-state index in [0.717, 1.165) is 19.3 Å². The van der Waals surface area contributed by atoms with E-state index in [1.54, 1.807) is 25.1 Å². The molecular weight excluding hydrogens is 497 g/mol. The van der Waals surface area contributed by atoms with Crippen LogP contribution in [0.4, 0.5) is 0 Å². The van der Waals surface area contributed by atoms with Crippen LogP contribution in [-0.4, -0.2) is 42.5 Å². The van der Waals surface area contributed by atoms with Crippen molar-refractivity contribution in [2.24, 2.45) is 5.92 Å². The summed E-state index contributed by atoms with van der Waals surface area (Å²) in [4.78, 5) is 11.9. The van der Waals surface area contributed by atoms with Crippen LogP contribution in [0, 0.1) is 5.92 Å². The lowest BCUT2D eigenvalue weighted by molar-refractivity contribution is -0.143. The van der Waals surface area contributed by atoms with Crippen LogP contribution >= 0.6 is 23.2 Å². The summed E-state index contributed by atoms with van der Waals surface area (Å²) in [5.41, 5.74) is 3.46. The second kappa shape index (κ2) is 13.0. The highest BCUT2D eigenvalue weighted by Gasteiger charge is 2.28. The Bertz CT molecular complexity index is 1030. The van der Waals surface area contributed by atoms with Crippen LogP contribution in [-0.2, 0) is 22.4 Å². The summed E-state index contributed by atoms with van der Waals surface area (Å²) in [7, 11) is 0. The molecule has 36 heavy (non-hydrogen) atoms. The Morgan fingerprint density at radius 2 is 1.86 bits per heavy atom. The molecule has 5 nitrogen and oxygen atoms in total. The van der Waals surface area contributed by atoms with Gasteiger partial charge >= 0.3 is 5.97 Å². The fraction of sp³-hybridized carbons (Fsp3) is 0.483. The average Bonchev–Trinajstić information content (AvgIpc) is 3.24. The Hall–Kier alpha value is -2.05. The number of nitrogens with one attached hydrogen (secondary N) is 1. The molecule has 0 fully saturated rings. The van der Waals surface area contributed by atoms with Gasteiger partial charge < -0.3 is 19.9 Å². The molecule has 2 N–H and O–H groups in total. The van der Waals surface area contributed by atoms with E-state index in [0.29, 0.717) is 35.4 Å². The number of rotatable bonds is 13. The van der Waals surface area contributed by atoms with Crippen molar-refractivity contribution in [1.29, 1.82) is 0 Å². The first-order valence-corrected chi connectivity index (χ1v) is 13.3. The number of esters is 1. The van der Waals surface area contributed by atoms with Gasteiger partial charge in [0, 0.05) is 18.0 Å². The molecular formula is C29H37Cl2NO4. The van der Waals surface area contributed by atoms with E-state index in [9.17, 15) is 9.90 Å². The Morgan fingerprint density at radius 3 is 2.47 bits per heavy atom. The number of carbonyl (C=O) groups excluding carboxylic acids is 1. The summed E-state index contributed by atoms with van der Waals surface area (Å²) >= 11 is 13.0. The average molecular weight is 535 g/mol. The van der Waals surface area contributed by atoms with Gasteiger partial charge in [0.05, 0.1) is 18.1 Å². The van der Waals surface area contributed by atoms with Crippen molar-refractivity contribution < 1.29 is 19.4 Å². The zero-order chi connectivity index (χ0) is 26.3. The number of aliphatic hydroxyl groups is 1. The van der Waals surface area contributed by atoms with Crippen molar-refractivity contribution in [2.75, 3.05) is 19.8 Å². The van der Waals surface area contributed by atoms with E-state index in [2.05, 4.69) is 50.0 Å². The monoisotopic (exact) mass is 533 g/mol. The lowest BCUT2D eigenvalue weighted by atomic mass is 9.88. The molecule has 7 heteroatoms. The van der Waals surface area contributed by atoms with Crippen LogP contribution in [0.25, 0.3) is 0 Å². The van der Waals surface area contributed by atoms with Crippen molar-refractivity contribution in [3.63, 3.8) is 0 Å². The molecule has 0 saturated carbocycles. The van der Waals surface area contributed by atoms with Crippen LogP contribution in [0.1, 0.15) is 56.2 Å². The fourth-order valence-electron chi connectivity index (χ4n) is 4.89. The number of ether oxygens (including phenoxy) is 2. The molecule has 0 spiro atoms. The molecule has 0 heterocycles. The number of hydrogen-bond donors (Lipinski definition) is 2. The molecule has 3 rings (SSSR count). The van der Waals surface area contributed by atoms with E-state index >= 15 is 0 Å². The smallest absolute Gasteiger partial charge is 0.306 e. The van der Waals surface area contributed by atoms with E-state index in [1.165, 1.54) is 11.1 Å². The molecule has 196 valence electrons. The van der Waals surface area contributed by atoms with Gasteiger partial charge in [0.25, 0.3) is 0 Å². The zero-order valence-electron chi connectivity index (χ0n) is 21.4. The van der Waals surface area contributed by atoms with Gasteiger partial charge in [0.2, 0.25) is 0 Å². The van der Waals surface area contributed by atoms with Crippen molar-refractivity contribution in [2.45, 2.75) is 64.0 Å². The van der Waals surface area contributed by atoms with Gasteiger partial charge in [-0.25, -0.2) is 0 Å².